The molecule has 1 aliphatic carbocycles. The van der Waals surface area contributed by atoms with Gasteiger partial charge in [0.1, 0.15) is 6.20 Å². The summed E-state index contributed by atoms with van der Waals surface area (Å²) in [4.78, 5) is 16.0. The number of hydrogen-bond donors (Lipinski definition) is 1. The summed E-state index contributed by atoms with van der Waals surface area (Å²) in [6.07, 6.45) is 2.75. The third-order valence-electron chi connectivity index (χ3n) is 5.09. The zero-order chi connectivity index (χ0) is 21.2. The van der Waals surface area contributed by atoms with Crippen LogP contribution in [-0.2, 0) is 20.8 Å². The molecule has 1 fully saturated rings. The van der Waals surface area contributed by atoms with Crippen LogP contribution >= 0.6 is 11.3 Å². The first-order valence-corrected chi connectivity index (χ1v) is 11.9. The van der Waals surface area contributed by atoms with Crippen LogP contribution in [0.15, 0.2) is 28.5 Å². The Morgan fingerprint density at radius 2 is 2.03 bits per heavy atom. The van der Waals surface area contributed by atoms with Gasteiger partial charge in [-0.05, 0) is 30.0 Å². The van der Waals surface area contributed by atoms with Gasteiger partial charge in [-0.3, -0.25) is 4.79 Å². The lowest BCUT2D eigenvalue weighted by atomic mass is 9.86. The highest BCUT2D eigenvalue weighted by Crippen LogP contribution is 2.39. The van der Waals surface area contributed by atoms with Crippen molar-refractivity contribution in [2.24, 2.45) is 5.92 Å². The van der Waals surface area contributed by atoms with E-state index in [-0.39, 0.29) is 11.5 Å². The topological polar surface area (TPSA) is 76.1 Å². The van der Waals surface area contributed by atoms with Crippen LogP contribution in [0, 0.1) is 12.1 Å². The number of sulfone groups is 1. The maximum Gasteiger partial charge on any atom is 0.417 e. The number of thiazole rings is 1. The lowest BCUT2D eigenvalue weighted by Crippen LogP contribution is -2.24. The summed E-state index contributed by atoms with van der Waals surface area (Å²) in [6.45, 7) is 0. The van der Waals surface area contributed by atoms with E-state index in [0.717, 1.165) is 55.4 Å². The molecule has 1 atom stereocenters. The molecule has 3 rings (SSSR count). The molecule has 1 aliphatic rings. The van der Waals surface area contributed by atoms with Crippen molar-refractivity contribution in [1.29, 1.82) is 0 Å². The van der Waals surface area contributed by atoms with E-state index in [0.29, 0.717) is 11.6 Å². The monoisotopic (exact) mass is 445 g/mol. The molecule has 1 N–H and O–H groups in total. The van der Waals surface area contributed by atoms with Gasteiger partial charge in [-0.15, -0.1) is 11.3 Å². The van der Waals surface area contributed by atoms with E-state index in [1.54, 1.807) is 5.38 Å². The van der Waals surface area contributed by atoms with Crippen molar-refractivity contribution in [2.45, 2.75) is 49.1 Å². The largest absolute Gasteiger partial charge is 0.417 e. The predicted octanol–water partition coefficient (Wildman–Crippen LogP) is 4.67. The maximum atomic E-state index is 13.6. The first kappa shape index (κ1) is 21.8. The summed E-state index contributed by atoms with van der Waals surface area (Å²) in [5.41, 5.74) is -1.10. The quantitative estimate of drug-likeness (QED) is 0.701. The van der Waals surface area contributed by atoms with Gasteiger partial charge in [0.05, 0.1) is 16.4 Å². The third kappa shape index (κ3) is 5.36. The van der Waals surface area contributed by atoms with Gasteiger partial charge in [0.15, 0.2) is 15.0 Å². The third-order valence-corrected chi connectivity index (χ3v) is 6.89. The fourth-order valence-electron chi connectivity index (χ4n) is 3.73. The average Bonchev–Trinajstić information content (AvgIpc) is 3.31. The number of amides is 1. The van der Waals surface area contributed by atoms with Crippen LogP contribution in [0.2, 0.25) is 0 Å². The number of hydrogen-bond acceptors (Lipinski definition) is 5. The zero-order valence-corrected chi connectivity index (χ0v) is 17.3. The molecule has 1 saturated carbocycles. The molecule has 1 aromatic heterocycles. The van der Waals surface area contributed by atoms with Gasteiger partial charge in [-0.1, -0.05) is 31.7 Å². The predicted molar refractivity (Wildman–Crippen MR) is 103 cm³/mol. The molecule has 157 valence electrons. The van der Waals surface area contributed by atoms with Gasteiger partial charge >= 0.3 is 6.18 Å². The van der Waals surface area contributed by atoms with Crippen molar-refractivity contribution in [3.8, 4) is 0 Å². The molecule has 1 radical (unpaired) electrons. The number of benzene rings is 1. The van der Waals surface area contributed by atoms with Crippen LogP contribution < -0.4 is 5.32 Å². The number of rotatable bonds is 6. The highest BCUT2D eigenvalue weighted by molar-refractivity contribution is 7.90. The Morgan fingerprint density at radius 1 is 1.34 bits per heavy atom. The highest BCUT2D eigenvalue weighted by Gasteiger charge is 2.38. The summed E-state index contributed by atoms with van der Waals surface area (Å²) in [5, 5.41) is 4.51. The summed E-state index contributed by atoms with van der Waals surface area (Å²) in [5.74, 6) is -1.06. The highest BCUT2D eigenvalue weighted by atomic mass is 32.2. The lowest BCUT2D eigenvalue weighted by Gasteiger charge is -2.22. The number of carbonyl (C=O) groups is 1. The first-order valence-electron chi connectivity index (χ1n) is 9.09. The number of halogens is 3. The molecule has 2 aromatic rings. The number of nitrogens with zero attached hydrogens (tertiary/aromatic N) is 1. The standard InChI is InChI=1S/C19H20F3N2O3S2/c1-29(26,27)16-7-6-13(11-15(16)19(20,21)22)14(10-12-4-2-3-5-12)17(25)24-18-23-8-9-28-18/h6-7,9,11-12,14H,2-5,10H2,1H3,(H,23,24,25). The molecule has 1 unspecified atom stereocenters. The van der Waals surface area contributed by atoms with Crippen LogP contribution in [-0.4, -0.2) is 25.6 Å². The Morgan fingerprint density at radius 3 is 2.59 bits per heavy atom. The molecule has 10 heteroatoms. The van der Waals surface area contributed by atoms with E-state index in [1.165, 1.54) is 6.07 Å². The minimum atomic E-state index is -4.85. The molecule has 0 saturated heterocycles. The lowest BCUT2D eigenvalue weighted by molar-refractivity contribution is -0.140. The first-order chi connectivity index (χ1) is 13.6. The summed E-state index contributed by atoms with van der Waals surface area (Å²) in [6, 6.07) is 3.04. The number of carbonyl (C=O) groups excluding carboxylic acids is 1. The molecule has 1 amide bonds. The molecular formula is C19H20F3N2O3S2. The van der Waals surface area contributed by atoms with Crippen LogP contribution in [0.4, 0.5) is 18.3 Å². The minimum absolute atomic E-state index is 0.148. The van der Waals surface area contributed by atoms with Crippen molar-refractivity contribution in [1.82, 2.24) is 4.98 Å². The van der Waals surface area contributed by atoms with E-state index < -0.39 is 38.3 Å². The number of alkyl halides is 3. The van der Waals surface area contributed by atoms with Crippen molar-refractivity contribution >= 4 is 32.2 Å². The molecule has 29 heavy (non-hydrogen) atoms. The van der Waals surface area contributed by atoms with Crippen molar-refractivity contribution in [2.75, 3.05) is 11.6 Å². The second-order valence-corrected chi connectivity index (χ2v) is 10.1. The van der Waals surface area contributed by atoms with E-state index >= 15 is 0 Å². The number of anilines is 1. The van der Waals surface area contributed by atoms with E-state index in [9.17, 15) is 26.4 Å². The Labute approximate surface area is 171 Å². The summed E-state index contributed by atoms with van der Waals surface area (Å²) >= 11 is 1.16. The maximum absolute atomic E-state index is 13.6. The summed E-state index contributed by atoms with van der Waals surface area (Å²) < 4.78 is 64.3. The Bertz CT molecular complexity index is 967. The zero-order valence-electron chi connectivity index (χ0n) is 15.6. The summed E-state index contributed by atoms with van der Waals surface area (Å²) in [7, 11) is -4.08. The van der Waals surface area contributed by atoms with Gasteiger partial charge < -0.3 is 5.32 Å². The van der Waals surface area contributed by atoms with Crippen molar-refractivity contribution in [3.63, 3.8) is 0 Å². The second kappa shape index (κ2) is 8.43. The normalized spacial score (nSPS) is 16.7. The minimum Gasteiger partial charge on any atom is -0.301 e. The Balaban J connectivity index is 2.00. The van der Waals surface area contributed by atoms with Gasteiger partial charge in [0.25, 0.3) is 0 Å². The van der Waals surface area contributed by atoms with Gasteiger partial charge in [-0.25, -0.2) is 13.4 Å². The molecule has 0 spiro atoms. The molecule has 5 nitrogen and oxygen atoms in total. The Hall–Kier alpha value is -1.94. The van der Waals surface area contributed by atoms with Gasteiger partial charge in [-0.2, -0.15) is 13.2 Å². The molecule has 1 heterocycles. The second-order valence-electron chi connectivity index (χ2n) is 7.24. The van der Waals surface area contributed by atoms with Crippen LogP contribution in [0.1, 0.15) is 49.1 Å². The molecule has 0 aliphatic heterocycles. The van der Waals surface area contributed by atoms with E-state index in [4.69, 9.17) is 0 Å². The van der Waals surface area contributed by atoms with E-state index in [2.05, 4.69) is 16.5 Å². The number of aromatic nitrogens is 1. The Kier molecular flexibility index (Phi) is 6.33. The molecule has 0 bridgehead atoms. The van der Waals surface area contributed by atoms with Gasteiger partial charge in [0.2, 0.25) is 5.91 Å². The van der Waals surface area contributed by atoms with Crippen molar-refractivity contribution < 1.29 is 26.4 Å². The van der Waals surface area contributed by atoms with Crippen molar-refractivity contribution in [3.05, 3.63) is 40.9 Å². The fourth-order valence-corrected chi connectivity index (χ4v) is 5.10. The fraction of sp³-hybridized carbons (Fsp3) is 0.474. The number of nitrogens with one attached hydrogen (secondary N) is 1. The smallest absolute Gasteiger partial charge is 0.301 e. The molecule has 1 aromatic carbocycles. The van der Waals surface area contributed by atoms with Gasteiger partial charge in [0, 0.05) is 11.6 Å². The average molecular weight is 446 g/mol. The van der Waals surface area contributed by atoms with E-state index in [1.807, 2.05) is 0 Å². The molecular weight excluding hydrogens is 425 g/mol. The SMILES string of the molecule is CS(=O)(=O)c1ccc(C(CC2CCCC2)C(=O)Nc2n[c]cs2)cc1C(F)(F)F. The van der Waals surface area contributed by atoms with Crippen LogP contribution in [0.3, 0.4) is 0 Å². The van der Waals surface area contributed by atoms with Crippen LogP contribution in [0.25, 0.3) is 0 Å². The van der Waals surface area contributed by atoms with Crippen LogP contribution in [0.5, 0.6) is 0 Å².